The number of pyridine rings is 1. The van der Waals surface area contributed by atoms with Gasteiger partial charge < -0.3 is 4.90 Å². The third kappa shape index (κ3) is 3.36. The molecule has 2 atom stereocenters. The maximum atomic E-state index is 4.29. The van der Waals surface area contributed by atoms with Crippen molar-refractivity contribution < 1.29 is 0 Å². The van der Waals surface area contributed by atoms with Crippen LogP contribution in [-0.4, -0.2) is 57.3 Å². The summed E-state index contributed by atoms with van der Waals surface area (Å²) in [6.07, 6.45) is 10.2. The van der Waals surface area contributed by atoms with Crippen LogP contribution in [0.15, 0.2) is 36.9 Å². The van der Waals surface area contributed by atoms with Gasteiger partial charge in [-0.25, -0.2) is 0 Å². The molecule has 0 aliphatic carbocycles. The summed E-state index contributed by atoms with van der Waals surface area (Å²) in [6, 6.07) is 5.41. The molecule has 5 heteroatoms. The summed E-state index contributed by atoms with van der Waals surface area (Å²) in [5.74, 6) is 0. The largest absolute Gasteiger partial charge is 0.305 e. The lowest BCUT2D eigenvalue weighted by molar-refractivity contribution is 0.178. The highest BCUT2D eigenvalue weighted by molar-refractivity contribution is 5.14. The van der Waals surface area contributed by atoms with Crippen molar-refractivity contribution in [3.8, 4) is 0 Å². The lowest BCUT2D eigenvalue weighted by atomic mass is 10.00. The van der Waals surface area contributed by atoms with Gasteiger partial charge in [0.15, 0.2) is 0 Å². The monoisotopic (exact) mass is 299 g/mol. The normalized spacial score (nSPS) is 22.5. The smallest absolute Gasteiger partial charge is 0.0534 e. The van der Waals surface area contributed by atoms with Crippen LogP contribution in [-0.2, 0) is 20.0 Å². The fourth-order valence-corrected chi connectivity index (χ4v) is 3.51. The van der Waals surface area contributed by atoms with Crippen LogP contribution in [0.25, 0.3) is 0 Å². The molecule has 1 aliphatic rings. The van der Waals surface area contributed by atoms with Gasteiger partial charge in [-0.1, -0.05) is 0 Å². The molecule has 0 spiro atoms. The molecule has 0 amide bonds. The van der Waals surface area contributed by atoms with E-state index in [-0.39, 0.29) is 0 Å². The van der Waals surface area contributed by atoms with Gasteiger partial charge in [0.2, 0.25) is 0 Å². The maximum Gasteiger partial charge on any atom is 0.0534 e. The minimum atomic E-state index is 0.539. The van der Waals surface area contributed by atoms with Crippen molar-refractivity contribution in [2.24, 2.45) is 7.05 Å². The number of nitrogens with zero attached hydrogens (tertiary/aromatic N) is 5. The van der Waals surface area contributed by atoms with E-state index in [1.807, 2.05) is 30.3 Å². The Morgan fingerprint density at radius 1 is 1.23 bits per heavy atom. The molecule has 0 bridgehead atoms. The van der Waals surface area contributed by atoms with Crippen LogP contribution >= 0.6 is 0 Å². The summed E-state index contributed by atoms with van der Waals surface area (Å²) in [4.78, 5) is 9.10. The number of aryl methyl sites for hydroxylation is 1. The molecule has 22 heavy (non-hydrogen) atoms. The summed E-state index contributed by atoms with van der Waals surface area (Å²) >= 11 is 0. The molecular formula is C17H25N5. The van der Waals surface area contributed by atoms with Crippen LogP contribution in [0.1, 0.15) is 17.5 Å². The summed E-state index contributed by atoms with van der Waals surface area (Å²) in [7, 11) is 6.36. The molecule has 0 saturated carbocycles. The van der Waals surface area contributed by atoms with Gasteiger partial charge in [0.25, 0.3) is 0 Å². The second-order valence-electron chi connectivity index (χ2n) is 6.44. The number of aromatic nitrogens is 3. The summed E-state index contributed by atoms with van der Waals surface area (Å²) < 4.78 is 1.88. The molecule has 1 saturated heterocycles. The van der Waals surface area contributed by atoms with E-state index in [1.165, 1.54) is 17.5 Å². The molecule has 2 aromatic rings. The highest BCUT2D eigenvalue weighted by Gasteiger charge is 2.35. The van der Waals surface area contributed by atoms with Gasteiger partial charge in [-0.2, -0.15) is 5.10 Å². The van der Waals surface area contributed by atoms with Gasteiger partial charge in [-0.05, 0) is 44.6 Å². The van der Waals surface area contributed by atoms with Crippen molar-refractivity contribution in [3.63, 3.8) is 0 Å². The Bertz CT molecular complexity index is 592. The van der Waals surface area contributed by atoms with Crippen molar-refractivity contribution >= 4 is 0 Å². The van der Waals surface area contributed by atoms with Gasteiger partial charge in [0, 0.05) is 56.4 Å². The molecule has 1 fully saturated rings. The molecular weight excluding hydrogens is 274 g/mol. The molecule has 5 nitrogen and oxygen atoms in total. The summed E-state index contributed by atoms with van der Waals surface area (Å²) in [5, 5.41) is 4.29. The van der Waals surface area contributed by atoms with Crippen molar-refractivity contribution in [2.45, 2.75) is 31.5 Å². The Labute approximate surface area is 132 Å². The lowest BCUT2D eigenvalue weighted by Gasteiger charge is -2.31. The number of likely N-dealkylation sites (tertiary alicyclic amines) is 1. The van der Waals surface area contributed by atoms with Crippen molar-refractivity contribution in [3.05, 3.63) is 48.0 Å². The van der Waals surface area contributed by atoms with Crippen LogP contribution in [0.4, 0.5) is 0 Å². The molecule has 3 heterocycles. The topological polar surface area (TPSA) is 37.2 Å². The van der Waals surface area contributed by atoms with Crippen molar-refractivity contribution in [2.75, 3.05) is 20.6 Å². The molecule has 0 unspecified atom stereocenters. The predicted octanol–water partition coefficient (Wildman–Crippen LogP) is 1.56. The first-order valence-corrected chi connectivity index (χ1v) is 7.90. The zero-order valence-corrected chi connectivity index (χ0v) is 13.7. The average molecular weight is 299 g/mol. The van der Waals surface area contributed by atoms with Crippen molar-refractivity contribution in [1.82, 2.24) is 24.6 Å². The van der Waals surface area contributed by atoms with Gasteiger partial charge in [-0.15, -0.1) is 0 Å². The minimum Gasteiger partial charge on any atom is -0.305 e. The van der Waals surface area contributed by atoms with E-state index >= 15 is 0 Å². The SMILES string of the molecule is CN(C)[C@@H]1CCN(Cc2cnn(C)c2)[C@H]1Cc1ccncc1. The number of likely N-dealkylation sites (N-methyl/N-ethyl adjacent to an activating group) is 1. The minimum absolute atomic E-state index is 0.539. The van der Waals surface area contributed by atoms with Gasteiger partial charge in [-0.3, -0.25) is 14.6 Å². The third-order valence-corrected chi connectivity index (χ3v) is 4.63. The Hall–Kier alpha value is -1.72. The molecule has 118 valence electrons. The van der Waals surface area contributed by atoms with Crippen molar-refractivity contribution in [1.29, 1.82) is 0 Å². The molecule has 3 rings (SSSR count). The first-order chi connectivity index (χ1) is 10.6. The fraction of sp³-hybridized carbons (Fsp3) is 0.529. The first kappa shape index (κ1) is 15.2. The van der Waals surface area contributed by atoms with Crippen LogP contribution in [0.5, 0.6) is 0 Å². The Balaban J connectivity index is 1.76. The van der Waals surface area contributed by atoms with Gasteiger partial charge >= 0.3 is 0 Å². The van der Waals surface area contributed by atoms with E-state index in [0.29, 0.717) is 12.1 Å². The van der Waals surface area contributed by atoms with Crippen LogP contribution in [0, 0.1) is 0 Å². The van der Waals surface area contributed by atoms with Crippen LogP contribution in [0.2, 0.25) is 0 Å². The molecule has 2 aromatic heterocycles. The Kier molecular flexibility index (Phi) is 4.55. The Morgan fingerprint density at radius 3 is 2.64 bits per heavy atom. The molecule has 0 radical (unpaired) electrons. The Morgan fingerprint density at radius 2 is 2.00 bits per heavy atom. The van der Waals surface area contributed by atoms with E-state index in [4.69, 9.17) is 0 Å². The zero-order chi connectivity index (χ0) is 15.5. The standard InChI is InChI=1S/C17H25N5/c1-20(2)16-6-9-22(13-15-11-19-21(3)12-15)17(16)10-14-4-7-18-8-5-14/h4-5,7-8,11-12,16-17H,6,9-10,13H2,1-3H3/t16-,17+/m1/s1. The summed E-state index contributed by atoms with van der Waals surface area (Å²) in [5.41, 5.74) is 2.66. The number of hydrogen-bond acceptors (Lipinski definition) is 4. The number of rotatable bonds is 5. The average Bonchev–Trinajstić information content (AvgIpc) is 3.08. The third-order valence-electron chi connectivity index (χ3n) is 4.63. The second kappa shape index (κ2) is 6.58. The maximum absolute atomic E-state index is 4.29. The fourth-order valence-electron chi connectivity index (χ4n) is 3.51. The van der Waals surface area contributed by atoms with E-state index in [0.717, 1.165) is 19.5 Å². The second-order valence-corrected chi connectivity index (χ2v) is 6.44. The van der Waals surface area contributed by atoms with E-state index in [2.05, 4.69) is 52.3 Å². The van der Waals surface area contributed by atoms with Crippen LogP contribution < -0.4 is 0 Å². The number of hydrogen-bond donors (Lipinski definition) is 0. The highest BCUT2D eigenvalue weighted by Crippen LogP contribution is 2.26. The molecule has 1 aliphatic heterocycles. The lowest BCUT2D eigenvalue weighted by Crippen LogP contribution is -2.43. The van der Waals surface area contributed by atoms with E-state index < -0.39 is 0 Å². The first-order valence-electron chi connectivity index (χ1n) is 7.90. The van der Waals surface area contributed by atoms with Crippen LogP contribution in [0.3, 0.4) is 0 Å². The molecule has 0 N–H and O–H groups in total. The van der Waals surface area contributed by atoms with E-state index in [9.17, 15) is 0 Å². The molecule has 0 aromatic carbocycles. The summed E-state index contributed by atoms with van der Waals surface area (Å²) in [6.45, 7) is 2.13. The highest BCUT2D eigenvalue weighted by atomic mass is 15.3. The van der Waals surface area contributed by atoms with Gasteiger partial charge in [0.05, 0.1) is 6.20 Å². The quantitative estimate of drug-likeness (QED) is 0.840. The van der Waals surface area contributed by atoms with Gasteiger partial charge in [0.1, 0.15) is 0 Å². The van der Waals surface area contributed by atoms with E-state index in [1.54, 1.807) is 0 Å². The zero-order valence-electron chi connectivity index (χ0n) is 13.7. The predicted molar refractivity (Wildman–Crippen MR) is 87.4 cm³/mol.